The van der Waals surface area contributed by atoms with E-state index in [-0.39, 0.29) is 26.0 Å². The molecule has 3 aromatic heterocycles. The molecule has 0 aliphatic carbocycles. The van der Waals surface area contributed by atoms with E-state index in [0.717, 1.165) is 48.7 Å². The third-order valence-electron chi connectivity index (χ3n) is 8.32. The molecule has 0 saturated carbocycles. The molecule has 0 N–H and O–H groups in total. The van der Waals surface area contributed by atoms with Gasteiger partial charge in [0.15, 0.2) is 0 Å². The molecule has 7 aromatic rings. The minimum Gasteiger partial charge on any atom is -0.500 e. The Morgan fingerprint density at radius 1 is 0.760 bits per heavy atom. The van der Waals surface area contributed by atoms with E-state index >= 15 is 0 Å². The second kappa shape index (κ2) is 16.5. The van der Waals surface area contributed by atoms with E-state index in [1.54, 1.807) is 12.3 Å². The van der Waals surface area contributed by atoms with Gasteiger partial charge in [-0.1, -0.05) is 73.8 Å². The molecule has 0 saturated heterocycles. The zero-order chi connectivity index (χ0) is 38.1. The number of pyridine rings is 2. The fraction of sp³-hybridized carbons (Fsp3) is 0.244. The summed E-state index contributed by atoms with van der Waals surface area (Å²) in [4.78, 5) is 9.10. The van der Waals surface area contributed by atoms with Gasteiger partial charge in [0.2, 0.25) is 0 Å². The van der Waals surface area contributed by atoms with Gasteiger partial charge in [-0.25, -0.2) is 0 Å². The van der Waals surface area contributed by atoms with Crippen molar-refractivity contribution in [3.05, 3.63) is 150 Å². The Balaban J connectivity index is 0.000000217. The Morgan fingerprint density at radius 3 is 2.22 bits per heavy atom. The molecule has 0 aliphatic heterocycles. The smallest absolute Gasteiger partial charge is 0.124 e. The molecule has 4 aromatic carbocycles. The van der Waals surface area contributed by atoms with Gasteiger partial charge in [-0.2, -0.15) is 0 Å². The third kappa shape index (κ3) is 8.90. The number of rotatable bonds is 8. The summed E-state index contributed by atoms with van der Waals surface area (Å²) in [5.41, 5.74) is 8.12. The molecule has 0 aliphatic rings. The zero-order valence-electron chi connectivity index (χ0n) is 33.8. The first kappa shape index (κ1) is 32.1. The van der Waals surface area contributed by atoms with Crippen LogP contribution in [0.4, 0.5) is 0 Å². The van der Waals surface area contributed by atoms with Crippen LogP contribution in [0.15, 0.2) is 120 Å². The van der Waals surface area contributed by atoms with E-state index < -0.39 is 26.0 Å². The van der Waals surface area contributed by atoms with Crippen molar-refractivity contribution in [3.63, 3.8) is 0 Å². The zero-order valence-corrected chi connectivity index (χ0v) is 34.3. The molecule has 0 fully saturated rings. The van der Waals surface area contributed by atoms with Crippen LogP contribution in [0, 0.1) is 18.1 Å². The van der Waals surface area contributed by atoms with Crippen LogP contribution in [0.2, 0.25) is 17.3 Å². The first-order chi connectivity index (χ1) is 25.1. The maximum Gasteiger partial charge on any atom is 0.124 e. The van der Waals surface area contributed by atoms with Crippen LogP contribution in [0.5, 0.6) is 0 Å². The molecule has 3 nitrogen and oxygen atoms in total. The summed E-state index contributed by atoms with van der Waals surface area (Å²) in [6, 6.07) is 39.0. The van der Waals surface area contributed by atoms with Crippen molar-refractivity contribution in [1.29, 1.82) is 0 Å². The molecule has 5 heteroatoms. The molecule has 0 unspecified atom stereocenters. The van der Waals surface area contributed by atoms with Crippen molar-refractivity contribution in [2.45, 2.75) is 63.6 Å². The van der Waals surface area contributed by atoms with Gasteiger partial charge in [0.25, 0.3) is 0 Å². The van der Waals surface area contributed by atoms with Crippen molar-refractivity contribution in [1.82, 2.24) is 9.97 Å². The number of benzene rings is 4. The van der Waals surface area contributed by atoms with E-state index in [1.165, 1.54) is 5.56 Å². The molecule has 0 bridgehead atoms. The summed E-state index contributed by atoms with van der Waals surface area (Å²) in [7, 11) is 0. The Morgan fingerprint density at radius 2 is 1.52 bits per heavy atom. The third-order valence-corrected chi connectivity index (χ3v) is 12.5. The van der Waals surface area contributed by atoms with Crippen LogP contribution >= 0.6 is 0 Å². The molecule has 0 atom stereocenters. The van der Waals surface area contributed by atoms with Crippen LogP contribution in [-0.2, 0) is 32.9 Å². The van der Waals surface area contributed by atoms with E-state index in [0.29, 0.717) is 22.7 Å². The van der Waals surface area contributed by atoms with Crippen molar-refractivity contribution in [2.75, 3.05) is 0 Å². The first-order valence-electron chi connectivity index (χ1n) is 19.0. The summed E-state index contributed by atoms with van der Waals surface area (Å²) in [5, 5.41) is 2.09. The average Bonchev–Trinajstić information content (AvgIpc) is 3.53. The fourth-order valence-corrected chi connectivity index (χ4v) is 8.84. The molecule has 3 heterocycles. The Bertz CT molecular complexity index is 2350. The van der Waals surface area contributed by atoms with Gasteiger partial charge < -0.3 is 9.40 Å². The minimum atomic E-state index is -2.20. The largest absolute Gasteiger partial charge is 0.500 e. The Kier molecular flexibility index (Phi) is 10.6. The van der Waals surface area contributed by atoms with Crippen LogP contribution in [-0.4, -0.2) is 23.2 Å². The molecule has 257 valence electrons. The van der Waals surface area contributed by atoms with Crippen LogP contribution in [0.25, 0.3) is 44.5 Å². The van der Waals surface area contributed by atoms with Gasteiger partial charge in [0.05, 0.1) is 5.58 Å². The van der Waals surface area contributed by atoms with Gasteiger partial charge in [-0.05, 0) is 40.7 Å². The molecule has 0 amide bonds. The number of furan rings is 1. The second-order valence-electron chi connectivity index (χ2n) is 14.0. The van der Waals surface area contributed by atoms with E-state index in [2.05, 4.69) is 71.4 Å². The summed E-state index contributed by atoms with van der Waals surface area (Å²) in [6.45, 7) is 8.20. The standard InChI is InChI=1S/C27H22NO.C18H24GeN.Ir/c1-18(2)22-9-6-10-23-24-17-21(11-12-26(24)29-27(22)23)25-16-20(13-14-28-25)15-19-7-4-3-5-8-19;1-14(2)11-16-12-18(15-9-7-6-8-10-15)20-13-17(16)19(3,4)5;/h3-10,12-14,16-18H,15H2,1-2H3;6-9,12-14H,11H2,1-5H3;/q2*-1;/i15D2;11D2;. The molecular weight excluding hydrogens is 849 g/mol. The normalized spacial score (nSPS) is 13.2. The summed E-state index contributed by atoms with van der Waals surface area (Å²) >= 11 is -2.20. The number of aromatic nitrogens is 2. The summed E-state index contributed by atoms with van der Waals surface area (Å²) in [6.07, 6.45) is 0.609. The van der Waals surface area contributed by atoms with Crippen molar-refractivity contribution in [2.24, 2.45) is 5.92 Å². The van der Waals surface area contributed by atoms with Gasteiger partial charge in [0, 0.05) is 34.4 Å². The maximum atomic E-state index is 8.66. The van der Waals surface area contributed by atoms with Gasteiger partial charge in [0.1, 0.15) is 5.58 Å². The fourth-order valence-electron chi connectivity index (χ4n) is 5.89. The maximum absolute atomic E-state index is 8.66. The van der Waals surface area contributed by atoms with E-state index in [4.69, 9.17) is 9.90 Å². The van der Waals surface area contributed by atoms with E-state index in [9.17, 15) is 0 Å². The number of fused-ring (bicyclic) bond motifs is 3. The van der Waals surface area contributed by atoms with Crippen LogP contribution in [0.3, 0.4) is 0 Å². The predicted molar refractivity (Wildman–Crippen MR) is 209 cm³/mol. The Labute approximate surface area is 319 Å². The van der Waals surface area contributed by atoms with Crippen molar-refractivity contribution in [3.8, 4) is 22.5 Å². The molecule has 1 radical (unpaired) electrons. The summed E-state index contributed by atoms with van der Waals surface area (Å²) in [5.74, 6) is 7.14. The Hall–Kier alpha value is -3.83. The molecule has 7 rings (SSSR count). The predicted octanol–water partition coefficient (Wildman–Crippen LogP) is 11.5. The number of para-hydroxylation sites is 1. The second-order valence-corrected chi connectivity index (χ2v) is 24.5. The SMILES string of the molecule is [2H]C([2H])(c1cc(-c2[c-]cccc2)nc[c]1[Ge]([CH3])([CH3])[CH3])C(C)C.[2H]C([2H])(c1ccccc1)c1ccnc(-c2[c-]cc3oc4c(C(C)C)cccc4c3c2)c1.[Ir]. The number of hydrogen-bond acceptors (Lipinski definition) is 3. The van der Waals surface area contributed by atoms with Gasteiger partial charge >= 0.3 is 128 Å². The number of hydrogen-bond donors (Lipinski definition) is 0. The minimum absolute atomic E-state index is 0. The van der Waals surface area contributed by atoms with Gasteiger partial charge in [-0.15, -0.1) is 23.8 Å². The van der Waals surface area contributed by atoms with Crippen molar-refractivity contribution >= 4 is 39.6 Å². The number of nitrogens with zero attached hydrogens (tertiary/aromatic N) is 2. The molecular formula is C45H46GeIrN2O-2. The van der Waals surface area contributed by atoms with Crippen LogP contribution in [0.1, 0.15) is 61.3 Å². The van der Waals surface area contributed by atoms with Crippen LogP contribution < -0.4 is 4.40 Å². The monoisotopic (exact) mass is 901 g/mol. The quantitative estimate of drug-likeness (QED) is 0.113. The molecule has 50 heavy (non-hydrogen) atoms. The van der Waals surface area contributed by atoms with Crippen molar-refractivity contribution < 1.29 is 30.0 Å². The summed E-state index contributed by atoms with van der Waals surface area (Å²) < 4.78 is 41.8. The van der Waals surface area contributed by atoms with E-state index in [1.807, 2.05) is 98.9 Å². The molecule has 0 spiro atoms. The van der Waals surface area contributed by atoms with Gasteiger partial charge in [-0.3, -0.25) is 0 Å². The first-order valence-corrected chi connectivity index (χ1v) is 24.3. The topological polar surface area (TPSA) is 38.9 Å². The average molecular weight is 900 g/mol.